The number of urea groups is 1. The molecule has 0 aromatic heterocycles. The maximum absolute atomic E-state index is 12.3. The molecule has 0 unspecified atom stereocenters. The molecule has 0 spiro atoms. The Labute approximate surface area is 150 Å². The van der Waals surface area contributed by atoms with Crippen molar-refractivity contribution in [2.75, 3.05) is 25.0 Å². The van der Waals surface area contributed by atoms with Crippen LogP contribution in [0.2, 0.25) is 0 Å². The Kier molecular flexibility index (Phi) is 6.07. The van der Waals surface area contributed by atoms with Crippen LogP contribution in [0.1, 0.15) is 30.9 Å². The van der Waals surface area contributed by atoms with Gasteiger partial charge in [-0.2, -0.15) is 0 Å². The first-order chi connectivity index (χ1) is 12.3. The molecule has 0 bridgehead atoms. The van der Waals surface area contributed by atoms with E-state index >= 15 is 0 Å². The second kappa shape index (κ2) is 8.67. The Morgan fingerprint density at radius 1 is 1.12 bits per heavy atom. The lowest BCUT2D eigenvalue weighted by Gasteiger charge is -2.23. The number of likely N-dealkylation sites (tertiary alicyclic amines) is 1. The minimum Gasteiger partial charge on any atom is -0.336 e. The molecule has 2 N–H and O–H groups in total. The van der Waals surface area contributed by atoms with Crippen LogP contribution in [0.4, 0.5) is 10.5 Å². The lowest BCUT2D eigenvalue weighted by Crippen LogP contribution is -2.41. The molecule has 0 saturated carbocycles. The Bertz CT molecular complexity index is 687. The van der Waals surface area contributed by atoms with E-state index in [2.05, 4.69) is 40.7 Å². The Balaban J connectivity index is 1.58. The zero-order valence-electron chi connectivity index (χ0n) is 14.9. The molecule has 2 aromatic rings. The average Bonchev–Trinajstić information content (AvgIpc) is 3.10. The van der Waals surface area contributed by atoms with Crippen LogP contribution >= 0.6 is 0 Å². The molecule has 2 amide bonds. The Morgan fingerprint density at radius 2 is 1.88 bits per heavy atom. The van der Waals surface area contributed by atoms with Crippen LogP contribution in [-0.4, -0.2) is 36.6 Å². The van der Waals surface area contributed by atoms with Crippen LogP contribution in [0.3, 0.4) is 0 Å². The lowest BCUT2D eigenvalue weighted by molar-refractivity contribution is 0.238. The van der Waals surface area contributed by atoms with E-state index in [0.29, 0.717) is 12.6 Å². The van der Waals surface area contributed by atoms with Crippen molar-refractivity contribution in [1.29, 1.82) is 0 Å². The molecule has 25 heavy (non-hydrogen) atoms. The molecule has 3 rings (SSSR count). The summed E-state index contributed by atoms with van der Waals surface area (Å²) in [6.07, 6.45) is 3.20. The van der Waals surface area contributed by atoms with Gasteiger partial charge in [-0.25, -0.2) is 4.79 Å². The third kappa shape index (κ3) is 4.83. The molecule has 2 aromatic carbocycles. The van der Waals surface area contributed by atoms with Crippen LogP contribution in [0, 0.1) is 0 Å². The van der Waals surface area contributed by atoms with Gasteiger partial charge in [0.15, 0.2) is 0 Å². The fraction of sp³-hybridized carbons (Fsp3) is 0.381. The lowest BCUT2D eigenvalue weighted by atomic mass is 10.0. The number of para-hydroxylation sites is 1. The molecule has 1 saturated heterocycles. The Hall–Kier alpha value is -2.33. The first-order valence-corrected chi connectivity index (χ1v) is 9.17. The predicted molar refractivity (Wildman–Crippen MR) is 103 cm³/mol. The van der Waals surface area contributed by atoms with Crippen molar-refractivity contribution < 1.29 is 4.79 Å². The van der Waals surface area contributed by atoms with Crippen LogP contribution in [0.5, 0.6) is 0 Å². The monoisotopic (exact) mass is 337 g/mol. The number of nitrogens with one attached hydrogen (secondary N) is 2. The highest BCUT2D eigenvalue weighted by Crippen LogP contribution is 2.19. The number of carbonyl (C=O) groups is 1. The van der Waals surface area contributed by atoms with Gasteiger partial charge in [0.1, 0.15) is 0 Å². The van der Waals surface area contributed by atoms with E-state index in [-0.39, 0.29) is 6.03 Å². The largest absolute Gasteiger partial charge is 0.336 e. The number of rotatable bonds is 6. The summed E-state index contributed by atoms with van der Waals surface area (Å²) in [5, 5.41) is 6.06. The molecular weight excluding hydrogens is 310 g/mol. The van der Waals surface area contributed by atoms with Crippen molar-refractivity contribution >= 4 is 11.7 Å². The third-order valence-corrected chi connectivity index (χ3v) is 4.91. The van der Waals surface area contributed by atoms with Gasteiger partial charge in [-0.3, -0.25) is 4.90 Å². The molecule has 1 atom stereocenters. The highest BCUT2D eigenvalue weighted by Gasteiger charge is 2.23. The first-order valence-electron chi connectivity index (χ1n) is 9.17. The zero-order chi connectivity index (χ0) is 17.5. The number of likely N-dealkylation sites (N-methyl/N-ethyl adjacent to an activating group) is 1. The highest BCUT2D eigenvalue weighted by atomic mass is 16.2. The quantitative estimate of drug-likeness (QED) is 0.840. The van der Waals surface area contributed by atoms with E-state index in [4.69, 9.17) is 0 Å². The van der Waals surface area contributed by atoms with E-state index in [9.17, 15) is 4.79 Å². The number of nitrogens with zero attached hydrogens (tertiary/aromatic N) is 1. The number of hydrogen-bond donors (Lipinski definition) is 2. The average molecular weight is 337 g/mol. The van der Waals surface area contributed by atoms with Crippen LogP contribution in [0.25, 0.3) is 0 Å². The fourth-order valence-corrected chi connectivity index (χ4v) is 3.53. The van der Waals surface area contributed by atoms with Crippen molar-refractivity contribution in [2.45, 2.75) is 32.2 Å². The van der Waals surface area contributed by atoms with Gasteiger partial charge in [-0.05, 0) is 49.5 Å². The van der Waals surface area contributed by atoms with E-state index in [1.54, 1.807) is 0 Å². The van der Waals surface area contributed by atoms with Crippen molar-refractivity contribution in [1.82, 2.24) is 10.2 Å². The van der Waals surface area contributed by atoms with Gasteiger partial charge in [0.05, 0.1) is 0 Å². The summed E-state index contributed by atoms with van der Waals surface area (Å²) in [4.78, 5) is 14.8. The molecule has 4 nitrogen and oxygen atoms in total. The molecule has 1 fully saturated rings. The summed E-state index contributed by atoms with van der Waals surface area (Å²) in [5.41, 5.74) is 3.24. The molecular formula is C21H27N3O. The van der Waals surface area contributed by atoms with E-state index in [1.165, 1.54) is 18.4 Å². The predicted octanol–water partition coefficient (Wildman–Crippen LogP) is 3.88. The number of hydrogen-bond acceptors (Lipinski definition) is 2. The molecule has 1 heterocycles. The van der Waals surface area contributed by atoms with Gasteiger partial charge < -0.3 is 10.6 Å². The molecule has 1 aliphatic rings. The minimum absolute atomic E-state index is 0.122. The summed E-state index contributed by atoms with van der Waals surface area (Å²) in [6.45, 7) is 5.08. The molecule has 1 aliphatic heterocycles. The maximum atomic E-state index is 12.3. The zero-order valence-corrected chi connectivity index (χ0v) is 14.9. The van der Waals surface area contributed by atoms with Crippen LogP contribution < -0.4 is 10.6 Å². The molecule has 0 radical (unpaired) electrons. The number of anilines is 1. The number of amides is 2. The smallest absolute Gasteiger partial charge is 0.319 e. The fourth-order valence-electron chi connectivity index (χ4n) is 3.53. The van der Waals surface area contributed by atoms with Gasteiger partial charge in [0.2, 0.25) is 0 Å². The molecule has 132 valence electrons. The topological polar surface area (TPSA) is 44.4 Å². The van der Waals surface area contributed by atoms with Crippen molar-refractivity contribution in [3.8, 4) is 0 Å². The van der Waals surface area contributed by atoms with Gasteiger partial charge in [-0.15, -0.1) is 0 Å². The van der Waals surface area contributed by atoms with Crippen molar-refractivity contribution in [2.24, 2.45) is 0 Å². The normalized spacial score (nSPS) is 17.4. The van der Waals surface area contributed by atoms with E-state index < -0.39 is 0 Å². The second-order valence-electron chi connectivity index (χ2n) is 6.58. The Morgan fingerprint density at radius 3 is 2.68 bits per heavy atom. The van der Waals surface area contributed by atoms with Gasteiger partial charge in [-0.1, -0.05) is 55.5 Å². The summed E-state index contributed by atoms with van der Waals surface area (Å²) in [7, 11) is 0. The van der Waals surface area contributed by atoms with Crippen molar-refractivity contribution in [3.05, 3.63) is 65.7 Å². The standard InChI is InChI=1S/C21H27N3O/c1-2-24-14-8-12-19(24)16-22-21(25)23-20-13-7-6-11-18(20)15-17-9-4-3-5-10-17/h3-7,9-11,13,19H,2,8,12,14-16H2,1H3,(H2,22,23,25)/t19-/m1/s1. The summed E-state index contributed by atoms with van der Waals surface area (Å²) in [6, 6.07) is 18.7. The first kappa shape index (κ1) is 17.5. The summed E-state index contributed by atoms with van der Waals surface area (Å²) >= 11 is 0. The van der Waals surface area contributed by atoms with Gasteiger partial charge in [0, 0.05) is 18.3 Å². The van der Waals surface area contributed by atoms with Gasteiger partial charge >= 0.3 is 6.03 Å². The summed E-state index contributed by atoms with van der Waals surface area (Å²) in [5.74, 6) is 0. The minimum atomic E-state index is -0.122. The summed E-state index contributed by atoms with van der Waals surface area (Å²) < 4.78 is 0. The SMILES string of the molecule is CCN1CCC[C@@H]1CNC(=O)Nc1ccccc1Cc1ccccc1. The molecule has 4 heteroatoms. The van der Waals surface area contributed by atoms with Crippen LogP contribution in [-0.2, 0) is 6.42 Å². The van der Waals surface area contributed by atoms with Crippen LogP contribution in [0.15, 0.2) is 54.6 Å². The second-order valence-corrected chi connectivity index (χ2v) is 6.58. The number of benzene rings is 2. The molecule has 0 aliphatic carbocycles. The van der Waals surface area contributed by atoms with E-state index in [0.717, 1.165) is 30.8 Å². The maximum Gasteiger partial charge on any atom is 0.319 e. The highest BCUT2D eigenvalue weighted by molar-refractivity contribution is 5.90. The van der Waals surface area contributed by atoms with Crippen molar-refractivity contribution in [3.63, 3.8) is 0 Å². The number of carbonyl (C=O) groups excluding carboxylic acids is 1. The van der Waals surface area contributed by atoms with E-state index in [1.807, 2.05) is 36.4 Å². The van der Waals surface area contributed by atoms with Gasteiger partial charge in [0.25, 0.3) is 0 Å². The third-order valence-electron chi connectivity index (χ3n) is 4.91.